The Hall–Kier alpha value is 0.554. The summed E-state index contributed by atoms with van der Waals surface area (Å²) in [6.07, 6.45) is -0.0919. The molecule has 0 N–H and O–H groups in total. The molecule has 5 heteroatoms. The van der Waals surface area contributed by atoms with E-state index in [9.17, 15) is 0 Å². The van der Waals surface area contributed by atoms with E-state index in [1.54, 1.807) is 20.8 Å². The monoisotopic (exact) mass is 295 g/mol. The first kappa shape index (κ1) is 18.6. The second-order valence-electron chi connectivity index (χ2n) is 5.67. The van der Waals surface area contributed by atoms with Crippen LogP contribution in [0.4, 0.5) is 0 Å². The fraction of sp³-hybridized carbons (Fsp3) is 1.00. The third-order valence-electron chi connectivity index (χ3n) is 2.17. The zero-order valence-corrected chi connectivity index (χ0v) is 14.4. The number of ether oxygens (including phenoxy) is 3. The van der Waals surface area contributed by atoms with Gasteiger partial charge in [-0.1, -0.05) is 0 Å². The van der Waals surface area contributed by atoms with Gasteiger partial charge in [0.05, 0.1) is 0 Å². The molecule has 0 aromatic carbocycles. The maximum absolute atomic E-state index is 5.95. The standard InChI is InChI=1S/C13H27O4.Ti/c1-9(2)15-13(12(7,8)14,16-10(3)4)17-11(5)6;/h9-11H,1-8H3;/q-1;+1. The third-order valence-corrected chi connectivity index (χ3v) is 2.96. The molecule has 4 nitrogen and oxygen atoms in total. The van der Waals surface area contributed by atoms with Crippen molar-refractivity contribution in [1.82, 2.24) is 0 Å². The zero-order chi connectivity index (χ0) is 14.6. The average molecular weight is 295 g/mol. The van der Waals surface area contributed by atoms with Crippen LogP contribution in [0.25, 0.3) is 0 Å². The van der Waals surface area contributed by atoms with Gasteiger partial charge >= 0.3 is 124 Å². The normalized spacial score (nSPS) is 13.9. The van der Waals surface area contributed by atoms with Crippen LogP contribution in [0.2, 0.25) is 0 Å². The van der Waals surface area contributed by atoms with E-state index in [2.05, 4.69) is 0 Å². The van der Waals surface area contributed by atoms with Gasteiger partial charge in [-0.15, -0.1) is 0 Å². The Morgan fingerprint density at radius 1 is 0.722 bits per heavy atom. The van der Waals surface area contributed by atoms with Gasteiger partial charge in [0.2, 0.25) is 0 Å². The van der Waals surface area contributed by atoms with Crippen LogP contribution in [0.3, 0.4) is 0 Å². The molecule has 0 unspecified atom stereocenters. The summed E-state index contributed by atoms with van der Waals surface area (Å²) in [5.41, 5.74) is -0.716. The van der Waals surface area contributed by atoms with Gasteiger partial charge in [0.25, 0.3) is 0 Å². The molecule has 0 saturated heterocycles. The molecule has 0 aliphatic heterocycles. The second-order valence-corrected chi connectivity index (χ2v) is 5.99. The van der Waals surface area contributed by atoms with Crippen molar-refractivity contribution in [2.75, 3.05) is 0 Å². The van der Waals surface area contributed by atoms with Gasteiger partial charge in [0, 0.05) is 0 Å². The second kappa shape index (κ2) is 7.37. The van der Waals surface area contributed by atoms with Crippen LogP contribution in [-0.2, 0) is 38.4 Å². The molecule has 107 valence electrons. The van der Waals surface area contributed by atoms with Gasteiger partial charge in [-0.05, 0) is 0 Å². The van der Waals surface area contributed by atoms with E-state index in [1.807, 2.05) is 55.4 Å². The Labute approximate surface area is 124 Å². The summed E-state index contributed by atoms with van der Waals surface area (Å²) in [6.45, 7) is 15.5. The van der Waals surface area contributed by atoms with E-state index in [1.165, 1.54) is 0 Å². The van der Waals surface area contributed by atoms with Crippen LogP contribution < -0.4 is 0 Å². The molecule has 0 saturated carbocycles. The van der Waals surface area contributed by atoms with E-state index in [0.717, 1.165) is 0 Å². The van der Waals surface area contributed by atoms with Crippen molar-refractivity contribution in [1.29, 1.82) is 0 Å². The minimum absolute atomic E-state index is 0.0306. The Bertz CT molecular complexity index is 213. The molecule has 0 radical (unpaired) electrons. The third kappa shape index (κ3) is 5.28. The summed E-state index contributed by atoms with van der Waals surface area (Å²) >= 11 is 1.63. The predicted molar refractivity (Wildman–Crippen MR) is 66.6 cm³/mol. The minimum atomic E-state index is -1.21. The fourth-order valence-corrected chi connectivity index (χ4v) is 1.70. The van der Waals surface area contributed by atoms with E-state index in [4.69, 9.17) is 17.5 Å². The van der Waals surface area contributed by atoms with Gasteiger partial charge in [0.1, 0.15) is 0 Å². The molecule has 0 heterocycles. The van der Waals surface area contributed by atoms with Crippen molar-refractivity contribution >= 4 is 0 Å². The summed E-state index contributed by atoms with van der Waals surface area (Å²) in [4.78, 5) is 0. The van der Waals surface area contributed by atoms with Crippen LogP contribution in [0.1, 0.15) is 55.4 Å². The van der Waals surface area contributed by atoms with Crippen LogP contribution in [-0.4, -0.2) is 29.9 Å². The Morgan fingerprint density at radius 3 is 1.17 bits per heavy atom. The molecule has 0 aliphatic carbocycles. The average Bonchev–Trinajstić information content (AvgIpc) is 2.13. The first-order valence-corrected chi connectivity index (χ1v) is 7.08. The molecule has 18 heavy (non-hydrogen) atoms. The molecule has 0 atom stereocenters. The van der Waals surface area contributed by atoms with Crippen molar-refractivity contribution in [2.45, 2.75) is 85.3 Å². The van der Waals surface area contributed by atoms with Gasteiger partial charge in [-0.25, -0.2) is 0 Å². The molecule has 0 fully saturated rings. The topological polar surface area (TPSA) is 36.9 Å². The molecule has 0 aliphatic rings. The Balaban J connectivity index is 5.38. The predicted octanol–water partition coefficient (Wildman–Crippen LogP) is 3.17. The van der Waals surface area contributed by atoms with Crippen LogP contribution in [0.5, 0.6) is 0 Å². The van der Waals surface area contributed by atoms with Crippen molar-refractivity contribution < 1.29 is 38.4 Å². The molecular formula is C13H27O4Ti. The zero-order valence-electron chi connectivity index (χ0n) is 12.9. The molecule has 0 aromatic rings. The first-order chi connectivity index (χ1) is 8.06. The molecule has 0 bridgehead atoms. The summed E-state index contributed by atoms with van der Waals surface area (Å²) in [5.74, 6) is -1.21. The van der Waals surface area contributed by atoms with Gasteiger partial charge in [0.15, 0.2) is 0 Å². The Kier molecular flexibility index (Phi) is 7.59. The summed E-state index contributed by atoms with van der Waals surface area (Å²) < 4.78 is 23.4. The van der Waals surface area contributed by atoms with E-state index in [-0.39, 0.29) is 18.3 Å². The quantitative estimate of drug-likeness (QED) is 0.509. The van der Waals surface area contributed by atoms with Gasteiger partial charge in [-0.3, -0.25) is 0 Å². The molecule has 0 amide bonds. The fourth-order valence-electron chi connectivity index (χ4n) is 1.50. The molecule has 0 rings (SSSR count). The molecule has 0 spiro atoms. The van der Waals surface area contributed by atoms with E-state index >= 15 is 0 Å². The summed E-state index contributed by atoms with van der Waals surface area (Å²) in [7, 11) is 0. The number of hydrogen-bond acceptors (Lipinski definition) is 4. The van der Waals surface area contributed by atoms with Crippen molar-refractivity contribution in [3.63, 3.8) is 0 Å². The summed E-state index contributed by atoms with van der Waals surface area (Å²) in [6, 6.07) is 0. The molecular weight excluding hydrogens is 268 g/mol. The SMILES string of the molecule is CC(C)OC(OC(C)C)(OC(C)C)C(C)(C)[O][Ti]. The summed E-state index contributed by atoms with van der Waals surface area (Å²) in [5, 5.41) is 0. The van der Waals surface area contributed by atoms with Crippen LogP contribution >= 0.6 is 0 Å². The van der Waals surface area contributed by atoms with Crippen molar-refractivity contribution in [3.05, 3.63) is 0 Å². The van der Waals surface area contributed by atoms with Crippen LogP contribution in [0.15, 0.2) is 0 Å². The van der Waals surface area contributed by atoms with Crippen molar-refractivity contribution in [3.8, 4) is 0 Å². The first-order valence-electron chi connectivity index (χ1n) is 6.44. The van der Waals surface area contributed by atoms with Crippen LogP contribution in [0, 0.1) is 0 Å². The molecule has 0 aromatic heterocycles. The Morgan fingerprint density at radius 2 is 1.00 bits per heavy atom. The van der Waals surface area contributed by atoms with Gasteiger partial charge in [-0.2, -0.15) is 0 Å². The van der Waals surface area contributed by atoms with Gasteiger partial charge < -0.3 is 0 Å². The van der Waals surface area contributed by atoms with Crippen molar-refractivity contribution in [2.24, 2.45) is 0 Å². The van der Waals surface area contributed by atoms with E-state index in [0.29, 0.717) is 0 Å². The maximum atomic E-state index is 5.95. The van der Waals surface area contributed by atoms with E-state index < -0.39 is 11.6 Å². The number of rotatable bonds is 8. The number of hydrogen-bond donors (Lipinski definition) is 0.